The fourth-order valence-electron chi connectivity index (χ4n) is 2.76. The van der Waals surface area contributed by atoms with E-state index in [2.05, 4.69) is 0 Å². The molecule has 3 atom stereocenters. The molecular formula is C16H12ClNO3. The molecule has 5 heteroatoms. The van der Waals surface area contributed by atoms with Crippen LogP contribution in [-0.4, -0.2) is 16.7 Å². The third-order valence-electron chi connectivity index (χ3n) is 3.84. The number of hydrogen-bond donors (Lipinski definition) is 0. The molecular weight excluding hydrogens is 290 g/mol. The largest absolute Gasteiger partial charge is 0.294 e. The predicted octanol–water partition coefficient (Wildman–Crippen LogP) is 3.58. The topological polar surface area (TPSA) is 60.2 Å². The highest BCUT2D eigenvalue weighted by Gasteiger charge is 2.64. The van der Waals surface area contributed by atoms with Crippen LogP contribution < -0.4 is 0 Å². The molecule has 0 saturated heterocycles. The lowest BCUT2D eigenvalue weighted by molar-refractivity contribution is -0.498. The first-order chi connectivity index (χ1) is 10.1. The van der Waals surface area contributed by atoms with Crippen molar-refractivity contribution in [2.45, 2.75) is 12.0 Å². The molecule has 0 heterocycles. The van der Waals surface area contributed by atoms with Crippen molar-refractivity contribution in [2.75, 3.05) is 0 Å². The van der Waals surface area contributed by atoms with Crippen LogP contribution >= 0.6 is 11.6 Å². The van der Waals surface area contributed by atoms with Crippen molar-refractivity contribution in [1.82, 2.24) is 0 Å². The van der Waals surface area contributed by atoms with Gasteiger partial charge in [-0.1, -0.05) is 41.9 Å². The Morgan fingerprint density at radius 2 is 1.67 bits per heavy atom. The lowest BCUT2D eigenvalue weighted by Gasteiger charge is -1.99. The highest BCUT2D eigenvalue weighted by molar-refractivity contribution is 6.30. The number of Topliss-reactive ketones (excluding diaryl/α,β-unsaturated/α-hetero) is 1. The lowest BCUT2D eigenvalue weighted by atomic mass is 10.0. The van der Waals surface area contributed by atoms with Crippen LogP contribution in [-0.2, 0) is 0 Å². The van der Waals surface area contributed by atoms with Gasteiger partial charge >= 0.3 is 0 Å². The smallest absolute Gasteiger partial charge is 0.231 e. The molecule has 1 aliphatic carbocycles. The Balaban J connectivity index is 1.88. The van der Waals surface area contributed by atoms with Crippen molar-refractivity contribution < 1.29 is 9.72 Å². The van der Waals surface area contributed by atoms with Crippen LogP contribution in [0.3, 0.4) is 0 Å². The predicted molar refractivity (Wildman–Crippen MR) is 79.2 cm³/mol. The first-order valence-corrected chi connectivity index (χ1v) is 6.95. The van der Waals surface area contributed by atoms with E-state index >= 15 is 0 Å². The van der Waals surface area contributed by atoms with Crippen LogP contribution in [0.4, 0.5) is 0 Å². The molecule has 1 aliphatic rings. The lowest BCUT2D eigenvalue weighted by Crippen LogP contribution is -2.10. The molecule has 0 N–H and O–H groups in total. The molecule has 0 amide bonds. The molecule has 0 radical (unpaired) electrons. The van der Waals surface area contributed by atoms with Gasteiger partial charge in [0.2, 0.25) is 6.04 Å². The summed E-state index contributed by atoms with van der Waals surface area (Å²) in [5.41, 5.74) is 1.31. The van der Waals surface area contributed by atoms with Gasteiger partial charge in [0.25, 0.3) is 0 Å². The summed E-state index contributed by atoms with van der Waals surface area (Å²) in [5, 5.41) is 11.7. The first kappa shape index (κ1) is 13.8. The molecule has 1 fully saturated rings. The van der Waals surface area contributed by atoms with E-state index in [1.807, 2.05) is 30.3 Å². The molecule has 21 heavy (non-hydrogen) atoms. The maximum Gasteiger partial charge on any atom is 0.231 e. The summed E-state index contributed by atoms with van der Waals surface area (Å²) in [6.45, 7) is 0. The Hall–Kier alpha value is -2.20. The number of rotatable bonds is 4. The summed E-state index contributed by atoms with van der Waals surface area (Å²) in [4.78, 5) is 23.3. The van der Waals surface area contributed by atoms with Crippen LogP contribution in [0.5, 0.6) is 0 Å². The monoisotopic (exact) mass is 301 g/mol. The van der Waals surface area contributed by atoms with Crippen molar-refractivity contribution in [3.63, 3.8) is 0 Å². The minimum Gasteiger partial charge on any atom is -0.294 e. The number of hydrogen-bond acceptors (Lipinski definition) is 3. The third kappa shape index (κ3) is 2.54. The van der Waals surface area contributed by atoms with Crippen LogP contribution in [0.1, 0.15) is 21.8 Å². The Kier molecular flexibility index (Phi) is 3.47. The standard InChI is InChI=1S/C16H12ClNO3/c17-12-8-6-11(7-9-12)16(19)14-13(15(14)18(20)21)10-4-2-1-3-5-10/h1-9,13-15H/t13-,14+,15-/m0/s1. The zero-order chi connectivity index (χ0) is 15.0. The molecule has 2 aromatic carbocycles. The number of nitrogens with zero attached hydrogens (tertiary/aromatic N) is 1. The highest BCUT2D eigenvalue weighted by atomic mass is 35.5. The number of carbonyl (C=O) groups is 1. The zero-order valence-corrected chi connectivity index (χ0v) is 11.7. The summed E-state index contributed by atoms with van der Waals surface area (Å²) in [6, 6.07) is 14.8. The number of nitro groups is 1. The zero-order valence-electron chi connectivity index (χ0n) is 11.0. The molecule has 4 nitrogen and oxygen atoms in total. The molecule has 0 aliphatic heterocycles. The Labute approximate surface area is 126 Å². The Morgan fingerprint density at radius 1 is 1.05 bits per heavy atom. The van der Waals surface area contributed by atoms with Gasteiger partial charge in [-0.2, -0.15) is 0 Å². The van der Waals surface area contributed by atoms with Gasteiger partial charge in [0.15, 0.2) is 5.78 Å². The second-order valence-electron chi connectivity index (χ2n) is 5.11. The van der Waals surface area contributed by atoms with Crippen molar-refractivity contribution in [2.24, 2.45) is 5.92 Å². The normalized spacial score (nSPS) is 23.6. The molecule has 3 rings (SSSR count). The highest BCUT2D eigenvalue weighted by Crippen LogP contribution is 2.51. The molecule has 0 aromatic heterocycles. The summed E-state index contributed by atoms with van der Waals surface area (Å²) in [6.07, 6.45) is 0. The van der Waals surface area contributed by atoms with E-state index in [0.717, 1.165) is 5.56 Å². The van der Waals surface area contributed by atoms with E-state index in [1.54, 1.807) is 24.3 Å². The van der Waals surface area contributed by atoms with E-state index in [9.17, 15) is 14.9 Å². The van der Waals surface area contributed by atoms with Crippen molar-refractivity contribution in [3.05, 3.63) is 80.9 Å². The second-order valence-corrected chi connectivity index (χ2v) is 5.55. The van der Waals surface area contributed by atoms with Gasteiger partial charge in [0.1, 0.15) is 5.92 Å². The van der Waals surface area contributed by atoms with E-state index in [1.165, 1.54) is 0 Å². The van der Waals surface area contributed by atoms with Crippen molar-refractivity contribution in [1.29, 1.82) is 0 Å². The van der Waals surface area contributed by atoms with Crippen molar-refractivity contribution in [3.8, 4) is 0 Å². The van der Waals surface area contributed by atoms with Crippen LogP contribution in [0.2, 0.25) is 5.02 Å². The fraction of sp³-hybridized carbons (Fsp3) is 0.188. The quantitative estimate of drug-likeness (QED) is 0.492. The Morgan fingerprint density at radius 3 is 2.24 bits per heavy atom. The van der Waals surface area contributed by atoms with E-state index in [-0.39, 0.29) is 16.6 Å². The van der Waals surface area contributed by atoms with Gasteiger partial charge in [0, 0.05) is 15.5 Å². The van der Waals surface area contributed by atoms with Gasteiger partial charge in [-0.3, -0.25) is 14.9 Å². The summed E-state index contributed by atoms with van der Waals surface area (Å²) in [7, 11) is 0. The van der Waals surface area contributed by atoms with Gasteiger partial charge in [-0.05, 0) is 29.8 Å². The molecule has 106 valence electrons. The third-order valence-corrected chi connectivity index (χ3v) is 4.09. The number of carbonyl (C=O) groups excluding carboxylic acids is 1. The van der Waals surface area contributed by atoms with Gasteiger partial charge < -0.3 is 0 Å². The van der Waals surface area contributed by atoms with Crippen LogP contribution in [0.25, 0.3) is 0 Å². The summed E-state index contributed by atoms with van der Waals surface area (Å²) < 4.78 is 0. The van der Waals surface area contributed by atoms with Gasteiger partial charge in [-0.25, -0.2) is 0 Å². The van der Waals surface area contributed by atoms with Crippen LogP contribution in [0.15, 0.2) is 54.6 Å². The molecule has 0 spiro atoms. The van der Waals surface area contributed by atoms with E-state index in [4.69, 9.17) is 11.6 Å². The summed E-state index contributed by atoms with van der Waals surface area (Å²) >= 11 is 5.80. The molecule has 0 bridgehead atoms. The molecule has 2 aromatic rings. The Bertz CT molecular complexity index is 684. The SMILES string of the molecule is O=C(c1ccc(Cl)cc1)[C@@H]1[C@H](c2ccccc2)[C@@H]1[N+](=O)[O-]. The average Bonchev–Trinajstić information content (AvgIpc) is 3.24. The first-order valence-electron chi connectivity index (χ1n) is 6.58. The van der Waals surface area contributed by atoms with Crippen molar-refractivity contribution >= 4 is 17.4 Å². The minimum atomic E-state index is -0.837. The second kappa shape index (κ2) is 5.30. The summed E-state index contributed by atoms with van der Waals surface area (Å²) in [5.74, 6) is -1.13. The average molecular weight is 302 g/mol. The maximum absolute atomic E-state index is 12.5. The maximum atomic E-state index is 12.5. The molecule has 0 unspecified atom stereocenters. The fourth-order valence-corrected chi connectivity index (χ4v) is 2.89. The number of benzene rings is 2. The number of halogens is 1. The minimum absolute atomic E-state index is 0.192. The van der Waals surface area contributed by atoms with E-state index in [0.29, 0.717) is 10.6 Å². The van der Waals surface area contributed by atoms with Gasteiger partial charge in [-0.15, -0.1) is 0 Å². The number of ketones is 1. The van der Waals surface area contributed by atoms with E-state index < -0.39 is 12.0 Å². The van der Waals surface area contributed by atoms with Crippen LogP contribution in [0, 0.1) is 16.0 Å². The molecule has 1 saturated carbocycles. The van der Waals surface area contributed by atoms with Gasteiger partial charge in [0.05, 0.1) is 5.92 Å².